The van der Waals surface area contributed by atoms with E-state index in [0.29, 0.717) is 24.9 Å². The summed E-state index contributed by atoms with van der Waals surface area (Å²) in [5, 5.41) is 15.8. The molecule has 50 heavy (non-hydrogen) atoms. The molecule has 6 atom stereocenters. The second-order valence-electron chi connectivity index (χ2n) is 15.4. The summed E-state index contributed by atoms with van der Waals surface area (Å²) < 4.78 is 5.49. The van der Waals surface area contributed by atoms with Crippen molar-refractivity contribution in [2.24, 2.45) is 17.8 Å². The molecule has 3 N–H and O–H groups in total. The molecule has 6 rings (SSSR count). The first-order chi connectivity index (χ1) is 23.8. The molecule has 3 heterocycles. The average molecular weight is 685 g/mol. The molecule has 0 radical (unpaired) electrons. The van der Waals surface area contributed by atoms with Crippen LogP contribution in [0.1, 0.15) is 75.2 Å². The normalized spacial score (nSPS) is 29.0. The number of carboxylic acid groups (broad SMARTS) is 1. The lowest BCUT2D eigenvalue weighted by atomic mass is 9.93. The summed E-state index contributed by atoms with van der Waals surface area (Å²) in [7, 11) is 0. The lowest BCUT2D eigenvalue weighted by Crippen LogP contribution is -2.58. The second-order valence-corrected chi connectivity index (χ2v) is 15.4. The standard InChI is InChI=1S/C39H48N4O7/c1-24-12-10-13-25(18-24)26-14-11-15-27(19-26)34(45)42-21-28-22-43-32(30(28)23-42)33(44)41-39(36(47)48)20-29(39)16-8-6-5-7-9-17-31(35(43)46)40-37(49)50-38(2,3)4/h8,10-16,18-19,28-32H,5-7,9,17,20-23H2,1-4H3,(H,40,49)(H,41,44)(H,47,48)/b16-8-/t28-,29-,30-,31+,32-,39+/m0/s1. The lowest BCUT2D eigenvalue weighted by Gasteiger charge is -2.33. The Bertz CT molecular complexity index is 1700. The van der Waals surface area contributed by atoms with Gasteiger partial charge in [-0.05, 0) is 76.6 Å². The molecule has 2 saturated heterocycles. The number of carbonyl (C=O) groups excluding carboxylic acids is 4. The Morgan fingerprint density at radius 3 is 2.44 bits per heavy atom. The number of carbonyl (C=O) groups is 5. The average Bonchev–Trinajstić information content (AvgIpc) is 3.41. The Morgan fingerprint density at radius 2 is 1.72 bits per heavy atom. The van der Waals surface area contributed by atoms with Gasteiger partial charge in [0, 0.05) is 43.0 Å². The van der Waals surface area contributed by atoms with Crippen LogP contribution in [-0.2, 0) is 19.1 Å². The van der Waals surface area contributed by atoms with Gasteiger partial charge in [-0.15, -0.1) is 0 Å². The van der Waals surface area contributed by atoms with Crippen molar-refractivity contribution >= 4 is 29.8 Å². The third kappa shape index (κ3) is 7.41. The number of nitrogens with one attached hydrogen (secondary N) is 2. The fraction of sp³-hybridized carbons (Fsp3) is 0.513. The Hall–Kier alpha value is -4.67. The molecule has 3 fully saturated rings. The van der Waals surface area contributed by atoms with Gasteiger partial charge in [-0.1, -0.05) is 67.0 Å². The summed E-state index contributed by atoms with van der Waals surface area (Å²) in [5.74, 6) is -3.21. The first-order valence-corrected chi connectivity index (χ1v) is 17.7. The van der Waals surface area contributed by atoms with E-state index in [1.54, 1.807) is 31.7 Å². The zero-order valence-electron chi connectivity index (χ0n) is 29.3. The summed E-state index contributed by atoms with van der Waals surface area (Å²) in [6.45, 7) is 8.03. The summed E-state index contributed by atoms with van der Waals surface area (Å²) in [4.78, 5) is 71.2. The highest BCUT2D eigenvalue weighted by Crippen LogP contribution is 2.46. The van der Waals surface area contributed by atoms with Gasteiger partial charge in [-0.2, -0.15) is 0 Å². The van der Waals surface area contributed by atoms with Crippen molar-refractivity contribution in [1.29, 1.82) is 0 Å². The first kappa shape index (κ1) is 35.2. The van der Waals surface area contributed by atoms with E-state index < -0.39 is 53.0 Å². The van der Waals surface area contributed by atoms with Gasteiger partial charge in [0.1, 0.15) is 23.2 Å². The molecule has 0 unspecified atom stereocenters. The maximum Gasteiger partial charge on any atom is 0.408 e. The molecule has 4 amide bonds. The number of benzene rings is 2. The minimum absolute atomic E-state index is 0.164. The van der Waals surface area contributed by atoms with Crippen LogP contribution < -0.4 is 10.6 Å². The zero-order chi connectivity index (χ0) is 35.8. The van der Waals surface area contributed by atoms with Gasteiger partial charge in [0.15, 0.2) is 0 Å². The molecule has 11 heteroatoms. The topological polar surface area (TPSA) is 145 Å². The van der Waals surface area contributed by atoms with Gasteiger partial charge in [0.25, 0.3) is 5.91 Å². The van der Waals surface area contributed by atoms with E-state index in [0.717, 1.165) is 36.0 Å². The van der Waals surface area contributed by atoms with Crippen LogP contribution in [-0.4, -0.2) is 87.5 Å². The van der Waals surface area contributed by atoms with Gasteiger partial charge in [-0.25, -0.2) is 9.59 Å². The number of ether oxygens (including phenoxy) is 1. The van der Waals surface area contributed by atoms with Gasteiger partial charge < -0.3 is 30.3 Å². The largest absolute Gasteiger partial charge is 0.479 e. The molecular weight excluding hydrogens is 636 g/mol. The molecule has 11 nitrogen and oxygen atoms in total. The fourth-order valence-corrected chi connectivity index (χ4v) is 7.82. The SMILES string of the molecule is Cc1cccc(-c2cccc(C(=O)N3C[C@H]4CN5C(=O)[C@H](NC(=O)OC(C)(C)C)CCCCC/C=C\[C@H]6C[C@@]6(C(=O)O)NC(=O)[C@@H]5[C@H]4C3)c2)c1. The smallest absolute Gasteiger partial charge is 0.408 e. The predicted octanol–water partition coefficient (Wildman–Crippen LogP) is 4.93. The van der Waals surface area contributed by atoms with Crippen molar-refractivity contribution < 1.29 is 33.8 Å². The molecule has 3 aliphatic heterocycles. The number of hydrogen-bond acceptors (Lipinski definition) is 6. The van der Waals surface area contributed by atoms with Crippen molar-refractivity contribution in [3.8, 4) is 11.1 Å². The maximum atomic E-state index is 14.3. The number of aliphatic carboxylic acids is 1. The maximum absolute atomic E-state index is 14.3. The number of fused-ring (bicyclic) bond motifs is 4. The molecule has 2 aromatic rings. The predicted molar refractivity (Wildman–Crippen MR) is 187 cm³/mol. The molecule has 2 aromatic carbocycles. The van der Waals surface area contributed by atoms with E-state index in [9.17, 15) is 29.1 Å². The third-order valence-electron chi connectivity index (χ3n) is 10.4. The minimum Gasteiger partial charge on any atom is -0.479 e. The molecule has 0 bridgehead atoms. The summed E-state index contributed by atoms with van der Waals surface area (Å²) in [6, 6.07) is 13.6. The van der Waals surface area contributed by atoms with Crippen LogP contribution in [0.3, 0.4) is 0 Å². The van der Waals surface area contributed by atoms with Crippen LogP contribution >= 0.6 is 0 Å². The second kappa shape index (κ2) is 13.9. The summed E-state index contributed by atoms with van der Waals surface area (Å²) in [6.07, 6.45) is 6.84. The van der Waals surface area contributed by atoms with Gasteiger partial charge >= 0.3 is 12.1 Å². The number of aryl methyl sites for hydroxylation is 1. The van der Waals surface area contributed by atoms with Crippen LogP contribution in [0, 0.1) is 24.7 Å². The van der Waals surface area contributed by atoms with Crippen molar-refractivity contribution in [1.82, 2.24) is 20.4 Å². The highest BCUT2D eigenvalue weighted by atomic mass is 16.6. The Morgan fingerprint density at radius 1 is 0.980 bits per heavy atom. The number of allylic oxidation sites excluding steroid dienone is 1. The van der Waals surface area contributed by atoms with E-state index in [4.69, 9.17) is 4.74 Å². The third-order valence-corrected chi connectivity index (χ3v) is 10.4. The molecule has 0 aromatic heterocycles. The lowest BCUT2D eigenvalue weighted by molar-refractivity contribution is -0.146. The Balaban J connectivity index is 1.27. The van der Waals surface area contributed by atoms with E-state index in [1.807, 2.05) is 55.5 Å². The highest BCUT2D eigenvalue weighted by Gasteiger charge is 2.62. The van der Waals surface area contributed by atoms with Crippen molar-refractivity contribution in [2.45, 2.75) is 89.4 Å². The van der Waals surface area contributed by atoms with Crippen LogP contribution in [0.4, 0.5) is 4.79 Å². The van der Waals surface area contributed by atoms with Crippen molar-refractivity contribution in [2.75, 3.05) is 19.6 Å². The number of hydrogen-bond donors (Lipinski definition) is 3. The van der Waals surface area contributed by atoms with Gasteiger partial charge in [0.05, 0.1) is 0 Å². The van der Waals surface area contributed by atoms with Crippen LogP contribution in [0.15, 0.2) is 60.7 Å². The summed E-state index contributed by atoms with van der Waals surface area (Å²) in [5.41, 5.74) is 1.36. The zero-order valence-corrected chi connectivity index (χ0v) is 29.3. The highest BCUT2D eigenvalue weighted by molar-refractivity contribution is 5.98. The quantitative estimate of drug-likeness (QED) is 0.387. The number of amides is 4. The molecule has 1 aliphatic carbocycles. The molecule has 1 saturated carbocycles. The number of rotatable bonds is 4. The number of carboxylic acids is 1. The van der Waals surface area contributed by atoms with Gasteiger partial charge in [0.2, 0.25) is 11.8 Å². The minimum atomic E-state index is -1.45. The van der Waals surface area contributed by atoms with E-state index in [-0.39, 0.29) is 37.3 Å². The molecular formula is C39H48N4O7. The van der Waals surface area contributed by atoms with Crippen molar-refractivity contribution in [3.63, 3.8) is 0 Å². The molecule has 0 spiro atoms. The molecule has 4 aliphatic rings. The van der Waals surface area contributed by atoms with E-state index in [1.165, 1.54) is 4.90 Å². The Labute approximate surface area is 293 Å². The Kier molecular flexibility index (Phi) is 9.79. The van der Waals surface area contributed by atoms with Crippen molar-refractivity contribution in [3.05, 3.63) is 71.8 Å². The van der Waals surface area contributed by atoms with E-state index >= 15 is 0 Å². The van der Waals surface area contributed by atoms with Crippen LogP contribution in [0.25, 0.3) is 11.1 Å². The van der Waals surface area contributed by atoms with E-state index in [2.05, 4.69) is 16.7 Å². The fourth-order valence-electron chi connectivity index (χ4n) is 7.82. The monoisotopic (exact) mass is 684 g/mol. The summed E-state index contributed by atoms with van der Waals surface area (Å²) >= 11 is 0. The van der Waals surface area contributed by atoms with Gasteiger partial charge in [-0.3, -0.25) is 14.4 Å². The first-order valence-electron chi connectivity index (χ1n) is 17.7. The molecule has 266 valence electrons. The number of alkyl carbamates (subject to hydrolysis) is 1. The number of likely N-dealkylation sites (tertiary alicyclic amines) is 1. The van der Waals surface area contributed by atoms with Crippen LogP contribution in [0.5, 0.6) is 0 Å². The van der Waals surface area contributed by atoms with Crippen LogP contribution in [0.2, 0.25) is 0 Å². The number of nitrogens with zero attached hydrogens (tertiary/aromatic N) is 2.